The largest absolute Gasteiger partial charge is 0.354 e. The molecule has 0 saturated carbocycles. The van der Waals surface area contributed by atoms with Crippen LogP contribution < -0.4 is 4.90 Å². The third-order valence-electron chi connectivity index (χ3n) is 5.18. The van der Waals surface area contributed by atoms with Gasteiger partial charge in [0.25, 0.3) is 0 Å². The van der Waals surface area contributed by atoms with Crippen molar-refractivity contribution in [1.29, 1.82) is 5.26 Å². The van der Waals surface area contributed by atoms with Gasteiger partial charge in [0.15, 0.2) is 0 Å². The van der Waals surface area contributed by atoms with Crippen LogP contribution in [0.4, 0.5) is 5.82 Å². The first-order valence-electron chi connectivity index (χ1n) is 8.41. The Labute approximate surface area is 137 Å². The van der Waals surface area contributed by atoms with Crippen LogP contribution in [-0.4, -0.2) is 41.5 Å². The van der Waals surface area contributed by atoms with Crippen LogP contribution in [0.1, 0.15) is 44.4 Å². The smallest absolute Gasteiger partial charge is 0.230 e. The van der Waals surface area contributed by atoms with E-state index < -0.39 is 0 Å². The zero-order chi connectivity index (χ0) is 16.6. The summed E-state index contributed by atoms with van der Waals surface area (Å²) in [6.45, 7) is 8.44. The number of aryl methyl sites for hydroxylation is 1. The van der Waals surface area contributed by atoms with Crippen molar-refractivity contribution in [1.82, 2.24) is 9.88 Å². The van der Waals surface area contributed by atoms with Crippen LogP contribution in [0.5, 0.6) is 0 Å². The minimum absolute atomic E-state index is 0.250. The first-order valence-corrected chi connectivity index (χ1v) is 8.41. The molecule has 0 unspecified atom stereocenters. The fraction of sp³-hybridized carbons (Fsp3) is 0.611. The Kier molecular flexibility index (Phi) is 4.01. The standard InChI is InChI=1S/C18H24N4O/c1-13(2)22-9-4-7-18(17(22)23)8-10-21(12-18)16-15(11-19)6-5-14(3)20-16/h5-6,13H,4,7-10,12H2,1-3H3/t18-/m0/s1. The predicted molar refractivity (Wildman–Crippen MR) is 89.0 cm³/mol. The normalized spacial score (nSPS) is 24.6. The highest BCUT2D eigenvalue weighted by Crippen LogP contribution is 2.42. The van der Waals surface area contributed by atoms with Gasteiger partial charge in [0.1, 0.15) is 11.9 Å². The van der Waals surface area contributed by atoms with Crippen molar-refractivity contribution in [2.24, 2.45) is 5.41 Å². The zero-order valence-electron chi connectivity index (χ0n) is 14.2. The van der Waals surface area contributed by atoms with E-state index in [4.69, 9.17) is 0 Å². The molecule has 23 heavy (non-hydrogen) atoms. The van der Waals surface area contributed by atoms with Crippen LogP contribution in [0.15, 0.2) is 12.1 Å². The Hall–Kier alpha value is -2.09. The second-order valence-electron chi connectivity index (χ2n) is 7.08. The Bertz CT molecular complexity index is 663. The lowest BCUT2D eigenvalue weighted by Gasteiger charge is -2.41. The van der Waals surface area contributed by atoms with E-state index in [9.17, 15) is 10.1 Å². The summed E-state index contributed by atoms with van der Waals surface area (Å²) in [5.74, 6) is 1.02. The van der Waals surface area contributed by atoms with Gasteiger partial charge in [-0.1, -0.05) is 0 Å². The fourth-order valence-electron chi connectivity index (χ4n) is 3.90. The molecule has 2 saturated heterocycles. The van der Waals surface area contributed by atoms with Crippen molar-refractivity contribution in [2.75, 3.05) is 24.5 Å². The van der Waals surface area contributed by atoms with E-state index in [0.717, 1.165) is 43.9 Å². The molecule has 3 heterocycles. The molecule has 5 nitrogen and oxygen atoms in total. The van der Waals surface area contributed by atoms with Crippen LogP contribution in [0.2, 0.25) is 0 Å². The Balaban J connectivity index is 1.87. The summed E-state index contributed by atoms with van der Waals surface area (Å²) in [5.41, 5.74) is 1.20. The van der Waals surface area contributed by atoms with Gasteiger partial charge in [-0.05, 0) is 52.2 Å². The number of anilines is 1. The molecular weight excluding hydrogens is 288 g/mol. The van der Waals surface area contributed by atoms with Gasteiger partial charge in [0, 0.05) is 31.4 Å². The summed E-state index contributed by atoms with van der Waals surface area (Å²) in [4.78, 5) is 21.7. The number of likely N-dealkylation sites (tertiary alicyclic amines) is 1. The van der Waals surface area contributed by atoms with E-state index in [1.165, 1.54) is 0 Å². The molecule has 5 heteroatoms. The van der Waals surface area contributed by atoms with Gasteiger partial charge < -0.3 is 9.80 Å². The molecule has 1 aromatic heterocycles. The van der Waals surface area contributed by atoms with E-state index in [1.54, 1.807) is 0 Å². The number of amides is 1. The van der Waals surface area contributed by atoms with Gasteiger partial charge in [-0.2, -0.15) is 5.26 Å². The Morgan fingerprint density at radius 1 is 1.30 bits per heavy atom. The maximum Gasteiger partial charge on any atom is 0.230 e. The second kappa shape index (κ2) is 5.84. The summed E-state index contributed by atoms with van der Waals surface area (Å²) in [7, 11) is 0. The molecule has 3 rings (SSSR count). The summed E-state index contributed by atoms with van der Waals surface area (Å²) >= 11 is 0. The molecule has 0 radical (unpaired) electrons. The first kappa shape index (κ1) is 15.8. The molecule has 0 bridgehead atoms. The number of hydrogen-bond acceptors (Lipinski definition) is 4. The highest BCUT2D eigenvalue weighted by Gasteiger charge is 2.49. The second-order valence-corrected chi connectivity index (χ2v) is 7.08. The molecule has 0 aliphatic carbocycles. The molecule has 2 aliphatic heterocycles. The van der Waals surface area contributed by atoms with Crippen molar-refractivity contribution in [2.45, 2.75) is 46.1 Å². The molecule has 2 aliphatic rings. The third kappa shape index (κ3) is 2.67. The average molecular weight is 312 g/mol. The molecule has 0 aromatic carbocycles. The number of nitriles is 1. The van der Waals surface area contributed by atoms with Gasteiger partial charge in [-0.15, -0.1) is 0 Å². The minimum Gasteiger partial charge on any atom is -0.354 e. The molecule has 2 fully saturated rings. The highest BCUT2D eigenvalue weighted by atomic mass is 16.2. The average Bonchev–Trinajstić information content (AvgIpc) is 2.95. The molecule has 1 aromatic rings. The van der Waals surface area contributed by atoms with Crippen LogP contribution in [0.25, 0.3) is 0 Å². The topological polar surface area (TPSA) is 60.2 Å². The molecule has 1 atom stereocenters. The number of rotatable bonds is 2. The predicted octanol–water partition coefficient (Wildman–Crippen LogP) is 2.49. The molecule has 0 N–H and O–H groups in total. The van der Waals surface area contributed by atoms with E-state index >= 15 is 0 Å². The van der Waals surface area contributed by atoms with Gasteiger partial charge >= 0.3 is 0 Å². The summed E-state index contributed by atoms with van der Waals surface area (Å²) in [6, 6.07) is 6.17. The molecule has 1 spiro atoms. The monoisotopic (exact) mass is 312 g/mol. The van der Waals surface area contributed by atoms with Crippen LogP contribution in [0.3, 0.4) is 0 Å². The minimum atomic E-state index is -0.291. The lowest BCUT2D eigenvalue weighted by molar-refractivity contribution is -0.147. The number of aromatic nitrogens is 1. The number of hydrogen-bond donors (Lipinski definition) is 0. The van der Waals surface area contributed by atoms with Crippen LogP contribution in [0, 0.1) is 23.7 Å². The third-order valence-corrected chi connectivity index (χ3v) is 5.18. The number of carbonyl (C=O) groups excluding carboxylic acids is 1. The van der Waals surface area contributed by atoms with E-state index in [1.807, 2.05) is 24.0 Å². The highest BCUT2D eigenvalue weighted by molar-refractivity contribution is 5.85. The quantitative estimate of drug-likeness (QED) is 0.842. The van der Waals surface area contributed by atoms with Crippen molar-refractivity contribution in [3.05, 3.63) is 23.4 Å². The number of piperidine rings is 1. The van der Waals surface area contributed by atoms with E-state index in [-0.39, 0.29) is 17.4 Å². The lowest BCUT2D eigenvalue weighted by Crippen LogP contribution is -2.52. The van der Waals surface area contributed by atoms with Crippen molar-refractivity contribution >= 4 is 11.7 Å². The maximum absolute atomic E-state index is 13.0. The number of nitrogens with zero attached hydrogens (tertiary/aromatic N) is 4. The molecular formula is C18H24N4O. The maximum atomic E-state index is 13.0. The van der Waals surface area contributed by atoms with Gasteiger partial charge in [0.2, 0.25) is 5.91 Å². The van der Waals surface area contributed by atoms with E-state index in [0.29, 0.717) is 12.1 Å². The van der Waals surface area contributed by atoms with Gasteiger partial charge in [-0.3, -0.25) is 4.79 Å². The summed E-state index contributed by atoms with van der Waals surface area (Å²) in [5, 5.41) is 9.35. The Morgan fingerprint density at radius 2 is 2.09 bits per heavy atom. The summed E-state index contributed by atoms with van der Waals surface area (Å²) < 4.78 is 0. The fourth-order valence-corrected chi connectivity index (χ4v) is 3.90. The van der Waals surface area contributed by atoms with Crippen molar-refractivity contribution < 1.29 is 4.79 Å². The van der Waals surface area contributed by atoms with Crippen molar-refractivity contribution in [3.63, 3.8) is 0 Å². The lowest BCUT2D eigenvalue weighted by atomic mass is 9.78. The van der Waals surface area contributed by atoms with Gasteiger partial charge in [0.05, 0.1) is 11.0 Å². The van der Waals surface area contributed by atoms with E-state index in [2.05, 4.69) is 29.8 Å². The SMILES string of the molecule is Cc1ccc(C#N)c(N2CC[C@@]3(CCCN(C(C)C)C3=O)C2)n1. The first-order chi connectivity index (χ1) is 11.0. The zero-order valence-corrected chi connectivity index (χ0v) is 14.2. The number of pyridine rings is 1. The number of carbonyl (C=O) groups is 1. The van der Waals surface area contributed by atoms with Crippen LogP contribution >= 0.6 is 0 Å². The van der Waals surface area contributed by atoms with Crippen molar-refractivity contribution in [3.8, 4) is 6.07 Å². The molecule has 122 valence electrons. The molecule has 1 amide bonds. The summed E-state index contributed by atoms with van der Waals surface area (Å²) in [6.07, 6.45) is 2.86. The van der Waals surface area contributed by atoms with Crippen LogP contribution in [-0.2, 0) is 4.79 Å². The Morgan fingerprint density at radius 3 is 2.78 bits per heavy atom. The van der Waals surface area contributed by atoms with Gasteiger partial charge in [-0.25, -0.2) is 4.98 Å².